The van der Waals surface area contributed by atoms with Gasteiger partial charge in [0, 0.05) is 7.05 Å². The van der Waals surface area contributed by atoms with Gasteiger partial charge in [0.1, 0.15) is 18.0 Å². The molecule has 0 radical (unpaired) electrons. The molecule has 0 spiro atoms. The van der Waals surface area contributed by atoms with E-state index >= 15 is 0 Å². The van der Waals surface area contributed by atoms with Crippen molar-refractivity contribution in [3.63, 3.8) is 0 Å². The second kappa shape index (κ2) is 5.59. The molecule has 0 aliphatic rings. The van der Waals surface area contributed by atoms with Crippen molar-refractivity contribution >= 4 is 27.9 Å². The molecule has 1 unspecified atom stereocenters. The maximum Gasteiger partial charge on any atom is 0.163 e. The fourth-order valence-electron chi connectivity index (χ4n) is 2.89. The summed E-state index contributed by atoms with van der Waals surface area (Å²) in [6.45, 7) is 4.32. The molecule has 3 heterocycles. The number of H-pyrrole nitrogens is 1. The van der Waals surface area contributed by atoms with Crippen molar-refractivity contribution in [1.82, 2.24) is 29.7 Å². The van der Waals surface area contributed by atoms with Gasteiger partial charge in [-0.1, -0.05) is 26.0 Å². The van der Waals surface area contributed by atoms with E-state index in [2.05, 4.69) is 39.2 Å². The number of aryl methyl sites for hydroxylation is 1. The molecule has 122 valence electrons. The first kappa shape index (κ1) is 14.6. The molecule has 24 heavy (non-hydrogen) atoms. The van der Waals surface area contributed by atoms with E-state index in [4.69, 9.17) is 4.98 Å². The first-order chi connectivity index (χ1) is 11.6. The number of aromatic nitrogens is 6. The zero-order chi connectivity index (χ0) is 16.7. The van der Waals surface area contributed by atoms with Crippen molar-refractivity contribution in [1.29, 1.82) is 0 Å². The minimum atomic E-state index is 0.00991. The van der Waals surface area contributed by atoms with E-state index in [1.165, 1.54) is 0 Å². The van der Waals surface area contributed by atoms with Crippen LogP contribution in [-0.4, -0.2) is 29.7 Å². The number of aromatic amines is 1. The first-order valence-corrected chi connectivity index (χ1v) is 7.97. The van der Waals surface area contributed by atoms with E-state index in [-0.39, 0.29) is 6.04 Å². The smallest absolute Gasteiger partial charge is 0.163 e. The standard InChI is InChI=1S/C17H19N7/c1-10(2)14(16-21-12-6-4-5-7-13(12)22-16)23-15-11-8-20-24(3)17(11)19-9-18-15/h4-10,14H,1-3H3,(H,21,22)(H,18,19,23). The summed E-state index contributed by atoms with van der Waals surface area (Å²) in [5.74, 6) is 2.00. The fraction of sp³-hybridized carbons (Fsp3) is 0.294. The van der Waals surface area contributed by atoms with Gasteiger partial charge in [0.25, 0.3) is 0 Å². The third kappa shape index (κ3) is 2.38. The zero-order valence-electron chi connectivity index (χ0n) is 13.9. The van der Waals surface area contributed by atoms with Crippen LogP contribution in [0.2, 0.25) is 0 Å². The fourth-order valence-corrected chi connectivity index (χ4v) is 2.89. The van der Waals surface area contributed by atoms with Crippen molar-refractivity contribution in [3.8, 4) is 0 Å². The summed E-state index contributed by atoms with van der Waals surface area (Å²) in [6.07, 6.45) is 3.34. The highest BCUT2D eigenvalue weighted by Crippen LogP contribution is 2.28. The molecule has 7 heteroatoms. The van der Waals surface area contributed by atoms with E-state index in [0.29, 0.717) is 5.92 Å². The van der Waals surface area contributed by atoms with Crippen LogP contribution in [0, 0.1) is 5.92 Å². The van der Waals surface area contributed by atoms with Gasteiger partial charge in [0.2, 0.25) is 0 Å². The molecule has 7 nitrogen and oxygen atoms in total. The van der Waals surface area contributed by atoms with Crippen molar-refractivity contribution in [2.75, 3.05) is 5.32 Å². The molecule has 0 amide bonds. The van der Waals surface area contributed by atoms with E-state index < -0.39 is 0 Å². The summed E-state index contributed by atoms with van der Waals surface area (Å²) >= 11 is 0. The van der Waals surface area contributed by atoms with Gasteiger partial charge in [-0.25, -0.2) is 15.0 Å². The average Bonchev–Trinajstić information content (AvgIpc) is 3.16. The summed E-state index contributed by atoms with van der Waals surface area (Å²) in [5, 5.41) is 8.69. The predicted molar refractivity (Wildman–Crippen MR) is 93.6 cm³/mol. The van der Waals surface area contributed by atoms with E-state index in [1.807, 2.05) is 31.3 Å². The number of hydrogen-bond donors (Lipinski definition) is 2. The van der Waals surface area contributed by atoms with E-state index in [1.54, 1.807) is 17.2 Å². The molecule has 1 aromatic carbocycles. The van der Waals surface area contributed by atoms with Crippen molar-refractivity contribution in [2.24, 2.45) is 13.0 Å². The van der Waals surface area contributed by atoms with Gasteiger partial charge in [-0.3, -0.25) is 4.68 Å². The minimum Gasteiger partial charge on any atom is -0.359 e. The molecular weight excluding hydrogens is 302 g/mol. The number of rotatable bonds is 4. The number of hydrogen-bond acceptors (Lipinski definition) is 5. The molecule has 0 saturated heterocycles. The van der Waals surface area contributed by atoms with Crippen LogP contribution in [0.15, 0.2) is 36.8 Å². The van der Waals surface area contributed by atoms with Crippen LogP contribution < -0.4 is 5.32 Å². The monoisotopic (exact) mass is 321 g/mol. The molecule has 2 N–H and O–H groups in total. The van der Waals surface area contributed by atoms with Gasteiger partial charge in [0.15, 0.2) is 5.65 Å². The summed E-state index contributed by atoms with van der Waals surface area (Å²) < 4.78 is 1.74. The van der Waals surface area contributed by atoms with Crippen LogP contribution in [0.4, 0.5) is 5.82 Å². The lowest BCUT2D eigenvalue weighted by Gasteiger charge is -2.21. The lowest BCUT2D eigenvalue weighted by molar-refractivity contribution is 0.525. The number of imidazole rings is 1. The molecule has 4 aromatic rings. The Morgan fingerprint density at radius 1 is 1.17 bits per heavy atom. The molecule has 3 aromatic heterocycles. The SMILES string of the molecule is CC(C)C(Nc1ncnc2c1cnn2C)c1nc2ccccc2[nH]1. The molecule has 0 aliphatic heterocycles. The van der Waals surface area contributed by atoms with Crippen molar-refractivity contribution < 1.29 is 0 Å². The van der Waals surface area contributed by atoms with Crippen molar-refractivity contribution in [2.45, 2.75) is 19.9 Å². The quantitative estimate of drug-likeness (QED) is 0.603. The van der Waals surface area contributed by atoms with Crippen LogP contribution in [0.25, 0.3) is 22.1 Å². The van der Waals surface area contributed by atoms with Crippen LogP contribution >= 0.6 is 0 Å². The molecule has 0 saturated carbocycles. The Bertz CT molecular complexity index is 965. The molecule has 4 rings (SSSR count). The third-order valence-corrected chi connectivity index (χ3v) is 4.19. The number of nitrogens with zero attached hydrogens (tertiary/aromatic N) is 5. The number of para-hydroxylation sites is 2. The Balaban J connectivity index is 1.75. The van der Waals surface area contributed by atoms with Gasteiger partial charge in [-0.05, 0) is 18.1 Å². The maximum absolute atomic E-state index is 4.73. The summed E-state index contributed by atoms with van der Waals surface area (Å²) in [5.41, 5.74) is 2.81. The number of benzene rings is 1. The second-order valence-corrected chi connectivity index (χ2v) is 6.23. The van der Waals surface area contributed by atoms with Gasteiger partial charge < -0.3 is 10.3 Å². The topological polar surface area (TPSA) is 84.3 Å². The first-order valence-electron chi connectivity index (χ1n) is 7.97. The van der Waals surface area contributed by atoms with Crippen LogP contribution in [0.3, 0.4) is 0 Å². The number of nitrogens with one attached hydrogen (secondary N) is 2. The Morgan fingerprint density at radius 2 is 2.00 bits per heavy atom. The average molecular weight is 321 g/mol. The lowest BCUT2D eigenvalue weighted by atomic mass is 10.0. The van der Waals surface area contributed by atoms with Crippen LogP contribution in [-0.2, 0) is 7.05 Å². The number of fused-ring (bicyclic) bond motifs is 2. The Hall–Kier alpha value is -2.96. The molecule has 1 atom stereocenters. The Morgan fingerprint density at radius 3 is 2.79 bits per heavy atom. The van der Waals surface area contributed by atoms with E-state index in [9.17, 15) is 0 Å². The maximum atomic E-state index is 4.73. The molecular formula is C17H19N7. The molecule has 0 bridgehead atoms. The Labute approximate surface area is 139 Å². The van der Waals surface area contributed by atoms with Gasteiger partial charge >= 0.3 is 0 Å². The third-order valence-electron chi connectivity index (χ3n) is 4.19. The van der Waals surface area contributed by atoms with Gasteiger partial charge in [0.05, 0.1) is 28.7 Å². The van der Waals surface area contributed by atoms with Crippen LogP contribution in [0.1, 0.15) is 25.7 Å². The highest BCUT2D eigenvalue weighted by atomic mass is 15.3. The normalized spacial score (nSPS) is 13.0. The van der Waals surface area contributed by atoms with E-state index in [0.717, 1.165) is 33.7 Å². The molecule has 0 aliphatic carbocycles. The van der Waals surface area contributed by atoms with Gasteiger partial charge in [-0.2, -0.15) is 5.10 Å². The largest absolute Gasteiger partial charge is 0.359 e. The summed E-state index contributed by atoms with van der Waals surface area (Å²) in [7, 11) is 1.87. The highest BCUT2D eigenvalue weighted by molar-refractivity contribution is 5.86. The lowest BCUT2D eigenvalue weighted by Crippen LogP contribution is -2.19. The Kier molecular flexibility index (Phi) is 3.41. The number of anilines is 1. The second-order valence-electron chi connectivity index (χ2n) is 6.23. The molecule has 0 fully saturated rings. The summed E-state index contributed by atoms with van der Waals surface area (Å²) in [6, 6.07) is 8.06. The van der Waals surface area contributed by atoms with Crippen molar-refractivity contribution in [3.05, 3.63) is 42.6 Å². The predicted octanol–water partition coefficient (Wildman–Crippen LogP) is 3.05. The summed E-state index contributed by atoms with van der Waals surface area (Å²) in [4.78, 5) is 16.8. The zero-order valence-corrected chi connectivity index (χ0v) is 13.9. The highest BCUT2D eigenvalue weighted by Gasteiger charge is 2.21. The van der Waals surface area contributed by atoms with Gasteiger partial charge in [-0.15, -0.1) is 0 Å². The van der Waals surface area contributed by atoms with Crippen LogP contribution in [0.5, 0.6) is 0 Å². The minimum absolute atomic E-state index is 0.00991.